The van der Waals surface area contributed by atoms with E-state index in [2.05, 4.69) is 0 Å². The molecule has 0 atom stereocenters. The van der Waals surface area contributed by atoms with Crippen molar-refractivity contribution in [2.45, 2.75) is 0 Å². The number of hydrogen-bond acceptors (Lipinski definition) is 2. The lowest BCUT2D eigenvalue weighted by Crippen LogP contribution is -1.66. The van der Waals surface area contributed by atoms with Gasteiger partial charge in [-0.15, -0.1) is 0 Å². The molecule has 0 aromatic carbocycles. The Bertz CT molecular complexity index is 60.2. The molecule has 0 saturated heterocycles. The minimum atomic E-state index is -4.64. The van der Waals surface area contributed by atoms with Crippen LogP contribution in [0, 0.1) is 0 Å². The molecule has 0 unspecified atom stereocenters. The predicted molar refractivity (Wildman–Crippen MR) is 23.5 cm³/mol. The summed E-state index contributed by atoms with van der Waals surface area (Å²) >= 11 is 0. The zero-order valence-corrected chi connectivity index (χ0v) is 3.80. The molecule has 6 N–H and O–H groups in total. The molecule has 0 saturated carbocycles. The lowest BCUT2D eigenvalue weighted by Gasteiger charge is -1.82. The van der Waals surface area contributed by atoms with Crippen molar-refractivity contribution in [1.29, 1.82) is 0 Å². The molecule has 0 bridgehead atoms. The van der Waals surface area contributed by atoms with Crippen molar-refractivity contribution in [3.8, 4) is 0 Å². The second-order valence-electron chi connectivity index (χ2n) is 0.513. The first-order valence-corrected chi connectivity index (χ1v) is 2.35. The van der Waals surface area contributed by atoms with E-state index in [1.165, 1.54) is 0 Å². The first-order chi connectivity index (χ1) is 2.00. The number of phosphoric acid groups is 1. The summed E-state index contributed by atoms with van der Waals surface area (Å²) in [6.45, 7) is 0. The van der Waals surface area contributed by atoms with Gasteiger partial charge in [0.15, 0.2) is 0 Å². The van der Waals surface area contributed by atoms with Crippen molar-refractivity contribution in [2.75, 3.05) is 0 Å². The third-order valence-corrected chi connectivity index (χ3v) is 0. The molecule has 0 spiro atoms. The maximum absolute atomic E-state index is 8.88. The highest BCUT2D eigenvalue weighted by Gasteiger charge is 2.00. The monoisotopic (exact) mass is 119 g/mol. The maximum atomic E-state index is 8.88. The SMILES string of the molecule is N.O=P(O)(O)O.[HH].[HH]. The van der Waals surface area contributed by atoms with Gasteiger partial charge in [-0.05, 0) is 0 Å². The molecule has 0 aliphatic heterocycles. The quantitative estimate of drug-likeness (QED) is 0.327. The minimum Gasteiger partial charge on any atom is -0.344 e. The maximum Gasteiger partial charge on any atom is 0.466 e. The lowest BCUT2D eigenvalue weighted by atomic mass is 14.0. The molecule has 0 aliphatic rings. The van der Waals surface area contributed by atoms with Crippen LogP contribution in [-0.4, -0.2) is 14.7 Å². The average Bonchev–Trinajstić information content (AvgIpc) is 0.722. The summed E-state index contributed by atoms with van der Waals surface area (Å²) < 4.78 is 8.88. The first kappa shape index (κ1) is 9.42. The minimum absolute atomic E-state index is 0. The molecule has 0 aromatic rings. The largest absolute Gasteiger partial charge is 0.466 e. The molecule has 0 heterocycles. The molecule has 6 heteroatoms. The highest BCUT2D eigenvalue weighted by molar-refractivity contribution is 7.45. The fourth-order valence-electron chi connectivity index (χ4n) is 0. The fourth-order valence-corrected chi connectivity index (χ4v) is 0. The summed E-state index contributed by atoms with van der Waals surface area (Å²) in [6.07, 6.45) is 0. The predicted octanol–water partition coefficient (Wildman–Crippen LogP) is -0.275. The molecular weight excluding hydrogens is 109 g/mol. The Morgan fingerprint density at radius 2 is 1.33 bits per heavy atom. The van der Waals surface area contributed by atoms with Crippen molar-refractivity contribution >= 4 is 7.82 Å². The van der Waals surface area contributed by atoms with Crippen LogP contribution in [-0.2, 0) is 4.57 Å². The van der Waals surface area contributed by atoms with E-state index in [4.69, 9.17) is 19.2 Å². The van der Waals surface area contributed by atoms with Gasteiger partial charge in [-0.1, -0.05) is 0 Å². The van der Waals surface area contributed by atoms with Crippen LogP contribution >= 0.6 is 7.82 Å². The molecule has 5 nitrogen and oxygen atoms in total. The van der Waals surface area contributed by atoms with E-state index in [0.29, 0.717) is 0 Å². The smallest absolute Gasteiger partial charge is 0.344 e. The Kier molecular flexibility index (Phi) is 3.58. The normalized spacial score (nSPS) is 9.83. The van der Waals surface area contributed by atoms with Crippen molar-refractivity contribution in [2.24, 2.45) is 0 Å². The van der Waals surface area contributed by atoms with Crippen LogP contribution in [0.3, 0.4) is 0 Å². The van der Waals surface area contributed by atoms with Crippen LogP contribution in [0.25, 0.3) is 0 Å². The van der Waals surface area contributed by atoms with E-state index in [-0.39, 0.29) is 9.00 Å². The highest BCUT2D eigenvalue weighted by atomic mass is 31.2. The Morgan fingerprint density at radius 3 is 1.33 bits per heavy atom. The van der Waals surface area contributed by atoms with Crippen LogP contribution in [0.4, 0.5) is 0 Å². The zero-order valence-electron chi connectivity index (χ0n) is 2.90. The standard InChI is InChI=1S/H3N.H3O4P.2H2/c;1-5(2,3)4;;/h1H3;(H3,1,2,3,4);2*1H. The Hall–Kier alpha value is 0.0700. The third kappa shape index (κ3) is 7830. The third-order valence-electron chi connectivity index (χ3n) is 0. The van der Waals surface area contributed by atoms with Gasteiger partial charge in [0.05, 0.1) is 0 Å². The molecule has 44 valence electrons. The molecular formula is H10NO4P. The van der Waals surface area contributed by atoms with E-state index in [0.717, 1.165) is 0 Å². The van der Waals surface area contributed by atoms with Crippen LogP contribution in [0.15, 0.2) is 0 Å². The van der Waals surface area contributed by atoms with Gasteiger partial charge in [0.2, 0.25) is 0 Å². The van der Waals surface area contributed by atoms with E-state index in [1.54, 1.807) is 0 Å². The van der Waals surface area contributed by atoms with Gasteiger partial charge < -0.3 is 20.8 Å². The molecule has 0 radical (unpaired) electrons. The average molecular weight is 119 g/mol. The summed E-state index contributed by atoms with van der Waals surface area (Å²) in [7, 11) is -4.64. The summed E-state index contributed by atoms with van der Waals surface area (Å²) in [5, 5.41) is 0. The number of hydrogen-bond donors (Lipinski definition) is 4. The van der Waals surface area contributed by atoms with Crippen LogP contribution < -0.4 is 6.15 Å². The van der Waals surface area contributed by atoms with Gasteiger partial charge in [-0.2, -0.15) is 0 Å². The van der Waals surface area contributed by atoms with Gasteiger partial charge in [-0.3, -0.25) is 0 Å². The second kappa shape index (κ2) is 2.28. The van der Waals surface area contributed by atoms with Crippen molar-refractivity contribution in [3.63, 3.8) is 0 Å². The molecule has 0 aliphatic carbocycles. The van der Waals surface area contributed by atoms with Crippen molar-refractivity contribution in [3.05, 3.63) is 0 Å². The molecule has 6 heavy (non-hydrogen) atoms. The number of rotatable bonds is 0. The van der Waals surface area contributed by atoms with Crippen LogP contribution in [0.1, 0.15) is 2.85 Å². The van der Waals surface area contributed by atoms with Gasteiger partial charge in [0, 0.05) is 2.85 Å². The topological polar surface area (TPSA) is 113 Å². The fraction of sp³-hybridized carbons (Fsp3) is 0. The van der Waals surface area contributed by atoms with E-state index in [9.17, 15) is 0 Å². The van der Waals surface area contributed by atoms with E-state index >= 15 is 0 Å². The van der Waals surface area contributed by atoms with Gasteiger partial charge in [0.1, 0.15) is 0 Å². The molecule has 0 amide bonds. The van der Waals surface area contributed by atoms with Gasteiger partial charge in [-0.25, -0.2) is 4.57 Å². The van der Waals surface area contributed by atoms with Crippen LogP contribution in [0.2, 0.25) is 0 Å². The Balaban J connectivity index is -0.0000000267. The van der Waals surface area contributed by atoms with E-state index in [1.807, 2.05) is 0 Å². The summed E-state index contributed by atoms with van der Waals surface area (Å²) in [6, 6.07) is 0. The molecule has 0 aromatic heterocycles. The lowest BCUT2D eigenvalue weighted by molar-refractivity contribution is 0.275. The van der Waals surface area contributed by atoms with Crippen LogP contribution in [0.5, 0.6) is 0 Å². The van der Waals surface area contributed by atoms with Crippen molar-refractivity contribution < 1.29 is 22.1 Å². The molecule has 0 fully saturated rings. The zero-order chi connectivity index (χ0) is 4.50. The molecule has 0 rings (SSSR count). The summed E-state index contributed by atoms with van der Waals surface area (Å²) in [4.78, 5) is 21.6. The van der Waals surface area contributed by atoms with Gasteiger partial charge >= 0.3 is 7.82 Å². The Morgan fingerprint density at radius 1 is 1.33 bits per heavy atom. The van der Waals surface area contributed by atoms with E-state index < -0.39 is 7.82 Å². The first-order valence-electron chi connectivity index (χ1n) is 0.783. The summed E-state index contributed by atoms with van der Waals surface area (Å²) in [5.74, 6) is 0. The highest BCUT2D eigenvalue weighted by Crippen LogP contribution is 2.25. The Labute approximate surface area is 37.4 Å². The van der Waals surface area contributed by atoms with Crippen molar-refractivity contribution in [1.82, 2.24) is 6.15 Å². The summed E-state index contributed by atoms with van der Waals surface area (Å²) in [5.41, 5.74) is 0. The van der Waals surface area contributed by atoms with Gasteiger partial charge in [0.25, 0.3) is 0 Å². The second-order valence-corrected chi connectivity index (χ2v) is 1.54.